The van der Waals surface area contributed by atoms with Crippen LogP contribution in [-0.2, 0) is 5.54 Å². The Morgan fingerprint density at radius 1 is 1.20 bits per heavy atom. The summed E-state index contributed by atoms with van der Waals surface area (Å²) in [6, 6.07) is 10.1. The van der Waals surface area contributed by atoms with Crippen LogP contribution in [0.5, 0.6) is 0 Å². The van der Waals surface area contributed by atoms with Gasteiger partial charge in [0.05, 0.1) is 5.54 Å². The van der Waals surface area contributed by atoms with E-state index in [-0.39, 0.29) is 5.54 Å². The predicted molar refractivity (Wildman–Crippen MR) is 80.0 cm³/mol. The Morgan fingerprint density at radius 3 is 2.70 bits per heavy atom. The highest BCUT2D eigenvalue weighted by atomic mass is 32.2. The number of aromatic nitrogens is 2. The quantitative estimate of drug-likeness (QED) is 0.871. The second-order valence-electron chi connectivity index (χ2n) is 5.05. The predicted octanol–water partition coefficient (Wildman–Crippen LogP) is 3.56. The van der Waals surface area contributed by atoms with E-state index in [1.54, 1.807) is 11.8 Å². The fourth-order valence-electron chi connectivity index (χ4n) is 2.40. The van der Waals surface area contributed by atoms with Crippen molar-refractivity contribution in [2.24, 2.45) is 5.73 Å². The Bertz CT molecular complexity index is 588. The molecule has 1 heterocycles. The Kier molecular flexibility index (Phi) is 3.89. The smallest absolute Gasteiger partial charge is 0.251 e. The average Bonchev–Trinajstić information content (AvgIpc) is 3.10. The number of rotatable bonds is 4. The van der Waals surface area contributed by atoms with Gasteiger partial charge in [0.1, 0.15) is 0 Å². The van der Waals surface area contributed by atoms with Crippen LogP contribution in [0.3, 0.4) is 0 Å². The molecule has 2 N–H and O–H groups in total. The maximum atomic E-state index is 6.30. The van der Waals surface area contributed by atoms with Crippen molar-refractivity contribution in [3.63, 3.8) is 0 Å². The molecule has 20 heavy (non-hydrogen) atoms. The summed E-state index contributed by atoms with van der Waals surface area (Å²) in [5, 5.41) is 5.97. The van der Waals surface area contributed by atoms with Crippen molar-refractivity contribution in [3.05, 3.63) is 47.5 Å². The minimum atomic E-state index is -0.387. The van der Waals surface area contributed by atoms with Crippen molar-refractivity contribution in [1.29, 1.82) is 0 Å². The molecule has 4 nitrogen and oxygen atoms in total. The van der Waals surface area contributed by atoms with Crippen molar-refractivity contribution in [2.45, 2.75) is 36.1 Å². The standard InChI is InChI=1S/C15H17N3OS/c16-15(9-4-5-10-15)14-17-13(19-18-14)8-11-20-12-6-2-1-3-7-12/h1-3,6-8,11H,4-5,9-10,16H2/b11-8+. The summed E-state index contributed by atoms with van der Waals surface area (Å²) < 4.78 is 5.24. The second kappa shape index (κ2) is 5.81. The van der Waals surface area contributed by atoms with E-state index in [0.717, 1.165) is 25.7 Å². The number of thioether (sulfide) groups is 1. The van der Waals surface area contributed by atoms with E-state index in [1.165, 1.54) is 4.90 Å². The molecule has 3 rings (SSSR count). The summed E-state index contributed by atoms with van der Waals surface area (Å²) in [6.07, 6.45) is 5.98. The van der Waals surface area contributed by atoms with Crippen molar-refractivity contribution in [2.75, 3.05) is 0 Å². The first-order valence-corrected chi connectivity index (χ1v) is 7.66. The Morgan fingerprint density at radius 2 is 1.95 bits per heavy atom. The van der Waals surface area contributed by atoms with Crippen LogP contribution in [0.15, 0.2) is 45.2 Å². The zero-order valence-electron chi connectivity index (χ0n) is 11.2. The first-order valence-electron chi connectivity index (χ1n) is 6.78. The zero-order chi connectivity index (χ0) is 13.8. The molecule has 1 saturated carbocycles. The van der Waals surface area contributed by atoms with E-state index in [0.29, 0.717) is 11.7 Å². The molecule has 1 aliphatic rings. The molecule has 0 atom stereocenters. The monoisotopic (exact) mass is 287 g/mol. The van der Waals surface area contributed by atoms with E-state index < -0.39 is 0 Å². The molecule has 1 fully saturated rings. The molecular weight excluding hydrogens is 270 g/mol. The summed E-state index contributed by atoms with van der Waals surface area (Å²) in [4.78, 5) is 5.57. The van der Waals surface area contributed by atoms with E-state index in [4.69, 9.17) is 10.3 Å². The molecule has 0 unspecified atom stereocenters. The molecule has 0 spiro atoms. The first kappa shape index (κ1) is 13.4. The fourth-order valence-corrected chi connectivity index (χ4v) is 3.06. The highest BCUT2D eigenvalue weighted by Gasteiger charge is 2.35. The third-order valence-corrected chi connectivity index (χ3v) is 4.36. The Balaban J connectivity index is 1.65. The molecule has 0 amide bonds. The molecule has 0 bridgehead atoms. The molecule has 1 aromatic carbocycles. The van der Waals surface area contributed by atoms with Crippen molar-refractivity contribution < 1.29 is 4.52 Å². The Labute approximate surface area is 122 Å². The van der Waals surface area contributed by atoms with Crippen LogP contribution in [0.2, 0.25) is 0 Å². The van der Waals surface area contributed by atoms with E-state index in [2.05, 4.69) is 22.3 Å². The summed E-state index contributed by atoms with van der Waals surface area (Å²) in [5.41, 5.74) is 5.91. The van der Waals surface area contributed by atoms with Crippen molar-refractivity contribution >= 4 is 17.8 Å². The number of nitrogens with zero attached hydrogens (tertiary/aromatic N) is 2. The number of benzene rings is 1. The number of hydrogen-bond acceptors (Lipinski definition) is 5. The third-order valence-electron chi connectivity index (χ3n) is 3.54. The molecular formula is C15H17N3OS. The van der Waals surface area contributed by atoms with Crippen LogP contribution >= 0.6 is 11.8 Å². The normalized spacial score (nSPS) is 17.9. The second-order valence-corrected chi connectivity index (χ2v) is 6.03. The summed E-state index contributed by atoms with van der Waals surface area (Å²) in [5.74, 6) is 1.15. The van der Waals surface area contributed by atoms with Crippen molar-refractivity contribution in [1.82, 2.24) is 10.1 Å². The lowest BCUT2D eigenvalue weighted by molar-refractivity contribution is 0.364. The van der Waals surface area contributed by atoms with Gasteiger partial charge < -0.3 is 10.3 Å². The fraction of sp³-hybridized carbons (Fsp3) is 0.333. The van der Waals surface area contributed by atoms with Crippen LogP contribution in [0.4, 0.5) is 0 Å². The summed E-state index contributed by atoms with van der Waals surface area (Å²) >= 11 is 1.62. The van der Waals surface area contributed by atoms with E-state index >= 15 is 0 Å². The lowest BCUT2D eigenvalue weighted by atomic mass is 9.99. The van der Waals surface area contributed by atoms with Crippen LogP contribution < -0.4 is 5.73 Å². The third kappa shape index (κ3) is 2.94. The highest BCUT2D eigenvalue weighted by Crippen LogP contribution is 2.34. The largest absolute Gasteiger partial charge is 0.335 e. The van der Waals surface area contributed by atoms with Gasteiger partial charge in [0, 0.05) is 11.0 Å². The van der Waals surface area contributed by atoms with Gasteiger partial charge in [-0.3, -0.25) is 0 Å². The molecule has 5 heteroatoms. The molecule has 2 aromatic rings. The molecule has 1 aromatic heterocycles. The van der Waals surface area contributed by atoms with Gasteiger partial charge in [-0.1, -0.05) is 48.0 Å². The van der Waals surface area contributed by atoms with Gasteiger partial charge in [0.25, 0.3) is 5.89 Å². The van der Waals surface area contributed by atoms with Crippen LogP contribution in [0.1, 0.15) is 37.4 Å². The average molecular weight is 287 g/mol. The molecule has 0 saturated heterocycles. The van der Waals surface area contributed by atoms with Crippen molar-refractivity contribution in [3.8, 4) is 0 Å². The number of nitrogens with two attached hydrogens (primary N) is 1. The summed E-state index contributed by atoms with van der Waals surface area (Å²) in [7, 11) is 0. The van der Waals surface area contributed by atoms with Crippen LogP contribution in [0.25, 0.3) is 6.08 Å². The number of hydrogen-bond donors (Lipinski definition) is 1. The highest BCUT2D eigenvalue weighted by molar-refractivity contribution is 8.02. The SMILES string of the molecule is NC1(c2noc(/C=C/Sc3ccccc3)n2)CCCC1. The van der Waals surface area contributed by atoms with E-state index in [9.17, 15) is 0 Å². The van der Waals surface area contributed by atoms with Gasteiger partial charge in [-0.25, -0.2) is 0 Å². The van der Waals surface area contributed by atoms with E-state index in [1.807, 2.05) is 29.7 Å². The van der Waals surface area contributed by atoms with Gasteiger partial charge in [0.2, 0.25) is 0 Å². The lowest BCUT2D eigenvalue weighted by Gasteiger charge is -2.17. The minimum Gasteiger partial charge on any atom is -0.335 e. The first-order chi connectivity index (χ1) is 9.76. The lowest BCUT2D eigenvalue weighted by Crippen LogP contribution is -2.34. The van der Waals surface area contributed by atoms with Gasteiger partial charge in [-0.15, -0.1) is 0 Å². The maximum Gasteiger partial charge on any atom is 0.251 e. The van der Waals surface area contributed by atoms with Crippen LogP contribution in [0, 0.1) is 0 Å². The molecule has 0 radical (unpaired) electrons. The summed E-state index contributed by atoms with van der Waals surface area (Å²) in [6.45, 7) is 0. The molecule has 1 aliphatic carbocycles. The minimum absolute atomic E-state index is 0.387. The molecule has 0 aliphatic heterocycles. The van der Waals surface area contributed by atoms with Gasteiger partial charge >= 0.3 is 0 Å². The van der Waals surface area contributed by atoms with Crippen LogP contribution in [-0.4, -0.2) is 10.1 Å². The van der Waals surface area contributed by atoms with Gasteiger partial charge in [0.15, 0.2) is 5.82 Å². The Hall–Kier alpha value is -1.59. The maximum absolute atomic E-state index is 6.30. The topological polar surface area (TPSA) is 64.9 Å². The zero-order valence-corrected chi connectivity index (χ0v) is 12.0. The molecule has 104 valence electrons. The van der Waals surface area contributed by atoms with Gasteiger partial charge in [-0.05, 0) is 30.4 Å². The van der Waals surface area contributed by atoms with Gasteiger partial charge in [-0.2, -0.15) is 4.98 Å².